The first kappa shape index (κ1) is 26.9. The van der Waals surface area contributed by atoms with E-state index in [1.807, 2.05) is 0 Å². The standard InChI is InChI=1S/C23H31N3O7S2/c1-3-22(26(34(2,28)29)19-7-5-4-6-8-19)23(27)24-13-16-33-20-9-11-21(12-10-20)35(30,31)25-14-17-32-18-15-25/h4-12,22H,3,13-18H2,1-2H3,(H,24,27). The van der Waals surface area contributed by atoms with Crippen molar-refractivity contribution in [2.24, 2.45) is 0 Å². The van der Waals surface area contributed by atoms with E-state index in [4.69, 9.17) is 9.47 Å². The van der Waals surface area contributed by atoms with Crippen LogP contribution in [0.25, 0.3) is 0 Å². The zero-order valence-electron chi connectivity index (χ0n) is 19.8. The smallest absolute Gasteiger partial charge is 0.244 e. The number of benzene rings is 2. The number of carbonyl (C=O) groups is 1. The van der Waals surface area contributed by atoms with Crippen molar-refractivity contribution >= 4 is 31.6 Å². The Balaban J connectivity index is 1.55. The lowest BCUT2D eigenvalue weighted by molar-refractivity contribution is -0.122. The minimum absolute atomic E-state index is 0.127. The van der Waals surface area contributed by atoms with Crippen molar-refractivity contribution in [2.75, 3.05) is 50.0 Å². The molecule has 3 rings (SSSR count). The zero-order valence-corrected chi connectivity index (χ0v) is 21.4. The highest BCUT2D eigenvalue weighted by Gasteiger charge is 2.31. The van der Waals surface area contributed by atoms with Crippen LogP contribution in [0.5, 0.6) is 5.75 Å². The second-order valence-corrected chi connectivity index (χ2v) is 11.7. The molecule has 35 heavy (non-hydrogen) atoms. The van der Waals surface area contributed by atoms with Crippen LogP contribution in [0.4, 0.5) is 5.69 Å². The summed E-state index contributed by atoms with van der Waals surface area (Å²) in [5.41, 5.74) is 0.417. The Kier molecular flexibility index (Phi) is 9.11. The van der Waals surface area contributed by atoms with Crippen molar-refractivity contribution < 1.29 is 31.1 Å². The molecule has 1 N–H and O–H groups in total. The minimum Gasteiger partial charge on any atom is -0.492 e. The van der Waals surface area contributed by atoms with E-state index in [1.54, 1.807) is 49.4 Å². The van der Waals surface area contributed by atoms with Gasteiger partial charge in [0, 0.05) is 13.1 Å². The highest BCUT2D eigenvalue weighted by atomic mass is 32.2. The fraction of sp³-hybridized carbons (Fsp3) is 0.435. The van der Waals surface area contributed by atoms with Crippen molar-refractivity contribution in [3.8, 4) is 5.75 Å². The van der Waals surface area contributed by atoms with Gasteiger partial charge in [0.15, 0.2) is 0 Å². The van der Waals surface area contributed by atoms with Gasteiger partial charge in [0.25, 0.3) is 0 Å². The summed E-state index contributed by atoms with van der Waals surface area (Å²) in [7, 11) is -7.27. The number of para-hydroxylation sites is 1. The Morgan fingerprint density at radius 1 is 1.06 bits per heavy atom. The summed E-state index contributed by atoms with van der Waals surface area (Å²) in [6.07, 6.45) is 1.36. The monoisotopic (exact) mass is 525 g/mol. The first-order valence-electron chi connectivity index (χ1n) is 11.3. The Morgan fingerprint density at radius 3 is 2.26 bits per heavy atom. The second kappa shape index (κ2) is 11.8. The van der Waals surface area contributed by atoms with Crippen molar-refractivity contribution in [3.63, 3.8) is 0 Å². The van der Waals surface area contributed by atoms with Crippen LogP contribution in [-0.4, -0.2) is 78.8 Å². The van der Waals surface area contributed by atoms with Crippen LogP contribution in [0.2, 0.25) is 0 Å². The summed E-state index contributed by atoms with van der Waals surface area (Å²) < 4.78 is 63.6. The predicted octanol–water partition coefficient (Wildman–Crippen LogP) is 1.45. The van der Waals surface area contributed by atoms with E-state index in [1.165, 1.54) is 16.4 Å². The van der Waals surface area contributed by atoms with Crippen LogP contribution in [0, 0.1) is 0 Å². The number of nitrogens with one attached hydrogen (secondary N) is 1. The normalized spacial score (nSPS) is 15.8. The van der Waals surface area contributed by atoms with Gasteiger partial charge in [-0.1, -0.05) is 25.1 Å². The van der Waals surface area contributed by atoms with Crippen LogP contribution >= 0.6 is 0 Å². The summed E-state index contributed by atoms with van der Waals surface area (Å²) in [5, 5.41) is 2.72. The third kappa shape index (κ3) is 6.94. The molecule has 1 heterocycles. The van der Waals surface area contributed by atoms with Crippen LogP contribution < -0.4 is 14.4 Å². The predicted molar refractivity (Wildman–Crippen MR) is 132 cm³/mol. The van der Waals surface area contributed by atoms with Crippen LogP contribution in [0.3, 0.4) is 0 Å². The minimum atomic E-state index is -3.69. The number of nitrogens with zero attached hydrogens (tertiary/aromatic N) is 2. The van der Waals surface area contributed by atoms with Gasteiger partial charge in [-0.05, 0) is 42.8 Å². The number of hydrogen-bond donors (Lipinski definition) is 1. The summed E-state index contributed by atoms with van der Waals surface area (Å²) in [5.74, 6) is 0.0200. The SMILES string of the molecule is CCC(C(=O)NCCOc1ccc(S(=O)(=O)N2CCOCC2)cc1)N(c1ccccc1)S(C)(=O)=O. The molecule has 1 fully saturated rings. The molecular weight excluding hydrogens is 494 g/mol. The third-order valence-corrected chi connectivity index (χ3v) is 8.53. The van der Waals surface area contributed by atoms with Gasteiger partial charge in [-0.3, -0.25) is 9.10 Å². The van der Waals surface area contributed by atoms with Crippen molar-refractivity contribution in [1.29, 1.82) is 0 Å². The highest BCUT2D eigenvalue weighted by molar-refractivity contribution is 7.92. The number of ether oxygens (including phenoxy) is 2. The number of anilines is 1. The van der Waals surface area contributed by atoms with Gasteiger partial charge in [0.05, 0.1) is 36.6 Å². The maximum atomic E-state index is 12.8. The third-order valence-electron chi connectivity index (χ3n) is 5.44. The van der Waals surface area contributed by atoms with Crippen molar-refractivity contribution in [2.45, 2.75) is 24.3 Å². The summed E-state index contributed by atoms with van der Waals surface area (Å²) in [6.45, 7) is 3.41. The molecule has 1 amide bonds. The van der Waals surface area contributed by atoms with Gasteiger partial charge < -0.3 is 14.8 Å². The topological polar surface area (TPSA) is 122 Å². The molecule has 0 saturated carbocycles. The molecule has 2 aromatic rings. The van der Waals surface area contributed by atoms with E-state index < -0.39 is 32.0 Å². The van der Waals surface area contributed by atoms with E-state index in [-0.39, 0.29) is 24.5 Å². The van der Waals surface area contributed by atoms with Gasteiger partial charge in [-0.15, -0.1) is 0 Å². The fourth-order valence-corrected chi connectivity index (χ4v) is 6.36. The number of amides is 1. The number of sulfonamides is 2. The average Bonchev–Trinajstić information content (AvgIpc) is 2.85. The molecule has 1 atom stereocenters. The number of rotatable bonds is 11. The number of hydrogen-bond acceptors (Lipinski definition) is 7. The lowest BCUT2D eigenvalue weighted by atomic mass is 10.2. The molecule has 10 nitrogen and oxygen atoms in total. The molecule has 1 aliphatic heterocycles. The molecular formula is C23H31N3O7S2. The average molecular weight is 526 g/mol. The number of carbonyl (C=O) groups excluding carboxylic acids is 1. The molecule has 0 aromatic heterocycles. The van der Waals surface area contributed by atoms with Crippen LogP contribution in [0.15, 0.2) is 59.5 Å². The summed E-state index contributed by atoms with van der Waals surface area (Å²) in [4.78, 5) is 13.0. The molecule has 12 heteroatoms. The van der Waals surface area contributed by atoms with Gasteiger partial charge in [-0.25, -0.2) is 16.8 Å². The lowest BCUT2D eigenvalue weighted by Gasteiger charge is -2.30. The van der Waals surface area contributed by atoms with Gasteiger partial charge in [-0.2, -0.15) is 4.31 Å². The van der Waals surface area contributed by atoms with E-state index in [9.17, 15) is 21.6 Å². The Bertz CT molecular complexity index is 1180. The first-order chi connectivity index (χ1) is 16.6. The van der Waals surface area contributed by atoms with Crippen LogP contribution in [-0.2, 0) is 29.6 Å². The molecule has 192 valence electrons. The lowest BCUT2D eigenvalue weighted by Crippen LogP contribution is -2.49. The maximum Gasteiger partial charge on any atom is 0.244 e. The van der Waals surface area contributed by atoms with E-state index in [0.717, 1.165) is 10.6 Å². The van der Waals surface area contributed by atoms with Crippen LogP contribution in [0.1, 0.15) is 13.3 Å². The van der Waals surface area contributed by atoms with E-state index >= 15 is 0 Å². The quantitative estimate of drug-likeness (QED) is 0.441. The van der Waals surface area contributed by atoms with Crippen molar-refractivity contribution in [1.82, 2.24) is 9.62 Å². The molecule has 0 aliphatic carbocycles. The molecule has 1 unspecified atom stereocenters. The fourth-order valence-electron chi connectivity index (χ4n) is 3.74. The molecule has 0 bridgehead atoms. The first-order valence-corrected chi connectivity index (χ1v) is 14.6. The summed E-state index contributed by atoms with van der Waals surface area (Å²) >= 11 is 0. The molecule has 1 saturated heterocycles. The van der Waals surface area contributed by atoms with E-state index in [0.29, 0.717) is 37.7 Å². The number of morpholine rings is 1. The molecule has 0 radical (unpaired) electrons. The summed E-state index contributed by atoms with van der Waals surface area (Å²) in [6, 6.07) is 13.7. The molecule has 1 aliphatic rings. The largest absolute Gasteiger partial charge is 0.492 e. The molecule has 2 aromatic carbocycles. The van der Waals surface area contributed by atoms with Gasteiger partial charge in [0.1, 0.15) is 18.4 Å². The van der Waals surface area contributed by atoms with Gasteiger partial charge >= 0.3 is 0 Å². The Hall–Kier alpha value is -2.67. The van der Waals surface area contributed by atoms with E-state index in [2.05, 4.69) is 5.32 Å². The molecule has 0 spiro atoms. The Labute approximate surface area is 206 Å². The van der Waals surface area contributed by atoms with Gasteiger partial charge in [0.2, 0.25) is 26.0 Å². The maximum absolute atomic E-state index is 12.8. The van der Waals surface area contributed by atoms with Crippen molar-refractivity contribution in [3.05, 3.63) is 54.6 Å². The second-order valence-electron chi connectivity index (χ2n) is 7.95. The zero-order chi connectivity index (χ0) is 25.5. The Morgan fingerprint density at radius 2 is 1.69 bits per heavy atom. The highest BCUT2D eigenvalue weighted by Crippen LogP contribution is 2.22.